The smallest absolute Gasteiger partial charge is 0.263 e. The largest absolute Gasteiger partial charge is 0.493 e. The molecule has 28 heavy (non-hydrogen) atoms. The van der Waals surface area contributed by atoms with Gasteiger partial charge in [0.1, 0.15) is 5.75 Å². The number of rotatable bonds is 3. The molecule has 0 bridgehead atoms. The summed E-state index contributed by atoms with van der Waals surface area (Å²) in [7, 11) is 0. The van der Waals surface area contributed by atoms with Crippen LogP contribution in [-0.2, 0) is 4.79 Å². The number of carbonyl (C=O) groups is 2. The number of hydrogen-bond donors (Lipinski definition) is 1. The van der Waals surface area contributed by atoms with Gasteiger partial charge in [0.25, 0.3) is 5.91 Å². The number of amides is 2. The molecule has 6 heteroatoms. The lowest BCUT2D eigenvalue weighted by atomic mass is 9.93. The van der Waals surface area contributed by atoms with E-state index in [0.29, 0.717) is 13.2 Å². The fourth-order valence-electron chi connectivity index (χ4n) is 4.25. The molecule has 2 unspecified atom stereocenters. The van der Waals surface area contributed by atoms with E-state index < -0.39 is 0 Å². The summed E-state index contributed by atoms with van der Waals surface area (Å²) in [6.07, 6.45) is 2.45. The maximum absolute atomic E-state index is 13.0. The van der Waals surface area contributed by atoms with E-state index in [-0.39, 0.29) is 23.8 Å². The standard InChI is InChI=1S/C22H26N2O3S/c1-14-11-15(2)20-17(12-14)18(7-9-27-20)23-21(25)16-5-3-8-24(13-16)22(26)19-6-4-10-28-19/h4,6,10-12,16,18H,3,5,7-9,13H2,1-2H3,(H,23,25). The third kappa shape index (κ3) is 3.78. The first kappa shape index (κ1) is 19.0. The molecule has 3 heterocycles. The maximum atomic E-state index is 13.0. The number of carbonyl (C=O) groups excluding carboxylic acids is 2. The Bertz CT molecular complexity index is 878. The Kier molecular flexibility index (Phi) is 5.40. The molecule has 0 aliphatic carbocycles. The van der Waals surface area contributed by atoms with E-state index in [4.69, 9.17) is 4.74 Å². The predicted molar refractivity (Wildman–Crippen MR) is 110 cm³/mol. The predicted octanol–water partition coefficient (Wildman–Crippen LogP) is 3.86. The Hall–Kier alpha value is -2.34. The summed E-state index contributed by atoms with van der Waals surface area (Å²) in [5.74, 6) is 0.825. The number of likely N-dealkylation sites (tertiary alicyclic amines) is 1. The molecular formula is C22H26N2O3S. The number of fused-ring (bicyclic) bond motifs is 1. The van der Waals surface area contributed by atoms with Gasteiger partial charge < -0.3 is 15.0 Å². The maximum Gasteiger partial charge on any atom is 0.263 e. The van der Waals surface area contributed by atoms with Crippen LogP contribution < -0.4 is 10.1 Å². The molecule has 1 fully saturated rings. The van der Waals surface area contributed by atoms with Gasteiger partial charge in [-0.05, 0) is 43.7 Å². The molecule has 0 radical (unpaired) electrons. The van der Waals surface area contributed by atoms with E-state index in [2.05, 4.69) is 24.4 Å². The SMILES string of the molecule is Cc1cc(C)c2c(c1)C(NC(=O)C1CCCN(C(=O)c3cccs3)C1)CCO2. The molecule has 2 amide bonds. The monoisotopic (exact) mass is 398 g/mol. The van der Waals surface area contributed by atoms with E-state index in [1.54, 1.807) is 0 Å². The van der Waals surface area contributed by atoms with Crippen LogP contribution in [0.5, 0.6) is 5.75 Å². The molecule has 1 aromatic carbocycles. The van der Waals surface area contributed by atoms with Crippen LogP contribution in [-0.4, -0.2) is 36.4 Å². The molecule has 0 saturated carbocycles. The quantitative estimate of drug-likeness (QED) is 0.854. The highest BCUT2D eigenvalue weighted by Crippen LogP contribution is 2.36. The van der Waals surface area contributed by atoms with Crippen LogP contribution in [0.4, 0.5) is 0 Å². The molecule has 0 spiro atoms. The number of aryl methyl sites for hydroxylation is 2. The second-order valence-electron chi connectivity index (χ2n) is 7.77. The second kappa shape index (κ2) is 7.95. The topological polar surface area (TPSA) is 58.6 Å². The van der Waals surface area contributed by atoms with Crippen LogP contribution in [0.3, 0.4) is 0 Å². The van der Waals surface area contributed by atoms with Crippen molar-refractivity contribution in [1.82, 2.24) is 10.2 Å². The molecule has 2 aromatic rings. The summed E-state index contributed by atoms with van der Waals surface area (Å²) in [5.41, 5.74) is 3.35. The molecule has 1 saturated heterocycles. The zero-order valence-corrected chi connectivity index (χ0v) is 17.2. The van der Waals surface area contributed by atoms with Crippen molar-refractivity contribution in [1.29, 1.82) is 0 Å². The zero-order valence-electron chi connectivity index (χ0n) is 16.4. The normalized spacial score (nSPS) is 21.6. The molecule has 2 atom stereocenters. The van der Waals surface area contributed by atoms with Gasteiger partial charge in [-0.1, -0.05) is 23.8 Å². The lowest BCUT2D eigenvalue weighted by Gasteiger charge is -2.34. The number of nitrogens with zero attached hydrogens (tertiary/aromatic N) is 1. The third-order valence-corrected chi connectivity index (χ3v) is 6.46. The Labute approximate surface area is 169 Å². The van der Waals surface area contributed by atoms with E-state index >= 15 is 0 Å². The number of piperidine rings is 1. The molecule has 1 aromatic heterocycles. The summed E-state index contributed by atoms with van der Waals surface area (Å²) < 4.78 is 5.85. The summed E-state index contributed by atoms with van der Waals surface area (Å²) >= 11 is 1.45. The minimum Gasteiger partial charge on any atom is -0.493 e. The first-order chi connectivity index (χ1) is 13.5. The van der Waals surface area contributed by atoms with E-state index in [1.807, 2.05) is 29.3 Å². The van der Waals surface area contributed by atoms with E-state index in [9.17, 15) is 9.59 Å². The van der Waals surface area contributed by atoms with Crippen molar-refractivity contribution in [3.8, 4) is 5.75 Å². The minimum atomic E-state index is -0.158. The fraction of sp³-hybridized carbons (Fsp3) is 0.455. The summed E-state index contributed by atoms with van der Waals surface area (Å²) in [5, 5.41) is 5.15. The molecule has 2 aliphatic rings. The van der Waals surface area contributed by atoms with Crippen molar-refractivity contribution in [2.45, 2.75) is 39.2 Å². The summed E-state index contributed by atoms with van der Waals surface area (Å²) in [6.45, 7) is 5.93. The number of hydrogen-bond acceptors (Lipinski definition) is 4. The van der Waals surface area contributed by atoms with Gasteiger partial charge in [-0.25, -0.2) is 0 Å². The third-order valence-electron chi connectivity index (χ3n) is 5.60. The van der Waals surface area contributed by atoms with Crippen LogP contribution in [0.25, 0.3) is 0 Å². The molecule has 1 N–H and O–H groups in total. The number of ether oxygens (including phenoxy) is 1. The van der Waals surface area contributed by atoms with Crippen molar-refractivity contribution in [3.05, 3.63) is 51.2 Å². The van der Waals surface area contributed by atoms with Gasteiger partial charge in [0, 0.05) is 25.1 Å². The highest BCUT2D eigenvalue weighted by atomic mass is 32.1. The number of benzene rings is 1. The van der Waals surface area contributed by atoms with Gasteiger partial charge in [0.15, 0.2) is 0 Å². The Morgan fingerprint density at radius 1 is 1.25 bits per heavy atom. The van der Waals surface area contributed by atoms with Crippen LogP contribution in [0.1, 0.15) is 51.7 Å². The Morgan fingerprint density at radius 2 is 2.11 bits per heavy atom. The lowest BCUT2D eigenvalue weighted by Crippen LogP contribution is -2.46. The van der Waals surface area contributed by atoms with Crippen molar-refractivity contribution in [3.63, 3.8) is 0 Å². The van der Waals surface area contributed by atoms with Crippen molar-refractivity contribution in [2.75, 3.05) is 19.7 Å². The number of thiophene rings is 1. The molecule has 5 nitrogen and oxygen atoms in total. The number of nitrogens with one attached hydrogen (secondary N) is 1. The molecule has 4 rings (SSSR count). The fourth-order valence-corrected chi connectivity index (χ4v) is 4.94. The van der Waals surface area contributed by atoms with Gasteiger partial charge >= 0.3 is 0 Å². The average Bonchev–Trinajstić information content (AvgIpc) is 3.23. The van der Waals surface area contributed by atoms with Crippen LogP contribution in [0.15, 0.2) is 29.6 Å². The molecular weight excluding hydrogens is 372 g/mol. The van der Waals surface area contributed by atoms with Crippen LogP contribution in [0.2, 0.25) is 0 Å². The van der Waals surface area contributed by atoms with Gasteiger partial charge in [-0.3, -0.25) is 9.59 Å². The van der Waals surface area contributed by atoms with Crippen LogP contribution >= 0.6 is 11.3 Å². The van der Waals surface area contributed by atoms with Gasteiger partial charge in [-0.15, -0.1) is 11.3 Å². The van der Waals surface area contributed by atoms with Crippen molar-refractivity contribution in [2.24, 2.45) is 5.92 Å². The average molecular weight is 399 g/mol. The van der Waals surface area contributed by atoms with E-state index in [0.717, 1.165) is 47.6 Å². The first-order valence-electron chi connectivity index (χ1n) is 9.90. The lowest BCUT2D eigenvalue weighted by molar-refractivity contribution is -0.127. The van der Waals surface area contributed by atoms with Crippen LogP contribution in [0, 0.1) is 19.8 Å². The van der Waals surface area contributed by atoms with Gasteiger partial charge in [0.2, 0.25) is 5.91 Å². The highest BCUT2D eigenvalue weighted by Gasteiger charge is 2.32. The first-order valence-corrected chi connectivity index (χ1v) is 10.8. The minimum absolute atomic E-state index is 0.0294. The van der Waals surface area contributed by atoms with Crippen molar-refractivity contribution >= 4 is 23.2 Å². The second-order valence-corrected chi connectivity index (χ2v) is 8.71. The van der Waals surface area contributed by atoms with E-state index in [1.165, 1.54) is 16.9 Å². The van der Waals surface area contributed by atoms with Crippen molar-refractivity contribution < 1.29 is 14.3 Å². The van der Waals surface area contributed by atoms with Gasteiger partial charge in [-0.2, -0.15) is 0 Å². The van der Waals surface area contributed by atoms with Gasteiger partial charge in [0.05, 0.1) is 23.4 Å². The Balaban J connectivity index is 1.45. The zero-order chi connectivity index (χ0) is 19.7. The highest BCUT2D eigenvalue weighted by molar-refractivity contribution is 7.12. The summed E-state index contributed by atoms with van der Waals surface area (Å²) in [4.78, 5) is 28.2. The Morgan fingerprint density at radius 3 is 2.89 bits per heavy atom. The summed E-state index contributed by atoms with van der Waals surface area (Å²) in [6, 6.07) is 7.93. The molecule has 148 valence electrons. The molecule has 2 aliphatic heterocycles.